The fraction of sp³-hybridized carbons (Fsp3) is 0.455. The highest BCUT2D eigenvalue weighted by Crippen LogP contribution is 2.16. The summed E-state index contributed by atoms with van der Waals surface area (Å²) in [4.78, 5) is 14.7. The number of aromatic nitrogens is 1. The predicted octanol–water partition coefficient (Wildman–Crippen LogP) is 2.41. The van der Waals surface area contributed by atoms with Crippen molar-refractivity contribution in [3.05, 3.63) is 23.4 Å². The molecule has 14 heavy (non-hydrogen) atoms. The minimum absolute atomic E-state index is 0.0134. The summed E-state index contributed by atoms with van der Waals surface area (Å²) in [7, 11) is 0. The molecule has 0 unspecified atom stereocenters. The Hall–Kier alpha value is -1.38. The monoisotopic (exact) mass is 192 g/mol. The third-order valence-electron chi connectivity index (χ3n) is 1.73. The van der Waals surface area contributed by atoms with Gasteiger partial charge in [-0.3, -0.25) is 4.79 Å². The maximum Gasteiger partial charge on any atom is 0.151 e. The first-order valence-electron chi connectivity index (χ1n) is 4.62. The molecule has 0 aliphatic carbocycles. The van der Waals surface area contributed by atoms with Crippen LogP contribution in [-0.2, 0) is 0 Å². The third-order valence-corrected chi connectivity index (χ3v) is 1.73. The van der Waals surface area contributed by atoms with E-state index in [0.717, 1.165) is 17.7 Å². The topological polar surface area (TPSA) is 42.0 Å². The van der Waals surface area contributed by atoms with Crippen LogP contribution in [0.1, 0.15) is 36.7 Å². The zero-order valence-electron chi connectivity index (χ0n) is 9.09. The van der Waals surface area contributed by atoms with Crippen molar-refractivity contribution in [2.75, 3.05) is 5.32 Å². The van der Waals surface area contributed by atoms with Crippen molar-refractivity contribution in [3.8, 4) is 0 Å². The highest BCUT2D eigenvalue weighted by molar-refractivity contribution is 5.75. The molecule has 3 nitrogen and oxygen atoms in total. The summed E-state index contributed by atoms with van der Waals surface area (Å²) in [6.07, 6.45) is 2.38. The molecule has 0 radical (unpaired) electrons. The van der Waals surface area contributed by atoms with Crippen LogP contribution < -0.4 is 5.32 Å². The Morgan fingerprint density at radius 2 is 2.07 bits per heavy atom. The molecule has 0 bridgehead atoms. The molecule has 0 amide bonds. The number of carbonyl (C=O) groups is 1. The molecule has 3 heteroatoms. The van der Waals surface area contributed by atoms with Gasteiger partial charge >= 0.3 is 0 Å². The molecule has 76 valence electrons. The fourth-order valence-corrected chi connectivity index (χ4v) is 1.15. The molecule has 1 heterocycles. The van der Waals surface area contributed by atoms with Crippen molar-refractivity contribution in [2.24, 2.45) is 0 Å². The number of aldehydes is 1. The van der Waals surface area contributed by atoms with Crippen molar-refractivity contribution in [3.63, 3.8) is 0 Å². The molecule has 0 aliphatic rings. The summed E-state index contributed by atoms with van der Waals surface area (Å²) in [6.45, 7) is 8.15. The summed E-state index contributed by atoms with van der Waals surface area (Å²) >= 11 is 0. The molecular weight excluding hydrogens is 176 g/mol. The summed E-state index contributed by atoms with van der Waals surface area (Å²) in [5, 5.41) is 3.27. The smallest absolute Gasteiger partial charge is 0.151 e. The Morgan fingerprint density at radius 1 is 1.43 bits per heavy atom. The Bertz CT molecular complexity index is 340. The number of pyridine rings is 1. The van der Waals surface area contributed by atoms with E-state index in [0.29, 0.717) is 5.56 Å². The van der Waals surface area contributed by atoms with Crippen LogP contribution in [-0.4, -0.2) is 16.8 Å². The number of hydrogen-bond donors (Lipinski definition) is 1. The normalized spacial score (nSPS) is 11.1. The minimum atomic E-state index is -0.0134. The number of hydrogen-bond acceptors (Lipinski definition) is 3. The standard InChI is InChI=1S/C11H16N2O/c1-8-5-9(7-14)6-12-10(8)13-11(2,3)4/h5-7H,1-4H3,(H,12,13). The molecular formula is C11H16N2O. The SMILES string of the molecule is Cc1cc(C=O)cnc1NC(C)(C)C. The van der Waals surface area contributed by atoms with E-state index < -0.39 is 0 Å². The van der Waals surface area contributed by atoms with Crippen LogP contribution in [0.3, 0.4) is 0 Å². The van der Waals surface area contributed by atoms with Gasteiger partial charge in [-0.1, -0.05) is 0 Å². The lowest BCUT2D eigenvalue weighted by atomic mass is 10.1. The van der Waals surface area contributed by atoms with Crippen LogP contribution in [0.15, 0.2) is 12.3 Å². The van der Waals surface area contributed by atoms with Crippen molar-refractivity contribution in [1.29, 1.82) is 0 Å². The van der Waals surface area contributed by atoms with Gasteiger partial charge in [0.1, 0.15) is 5.82 Å². The second-order valence-electron chi connectivity index (χ2n) is 4.43. The van der Waals surface area contributed by atoms with E-state index in [-0.39, 0.29) is 5.54 Å². The summed E-state index contributed by atoms with van der Waals surface area (Å²) in [6, 6.07) is 1.83. The van der Waals surface area contributed by atoms with Crippen molar-refractivity contribution in [1.82, 2.24) is 4.98 Å². The first kappa shape index (κ1) is 10.7. The average Bonchev–Trinajstić information content (AvgIpc) is 2.06. The molecule has 1 aromatic heterocycles. The molecule has 1 aromatic rings. The van der Waals surface area contributed by atoms with E-state index >= 15 is 0 Å². The summed E-state index contributed by atoms with van der Waals surface area (Å²) in [5.41, 5.74) is 1.59. The summed E-state index contributed by atoms with van der Waals surface area (Å²) < 4.78 is 0. The van der Waals surface area contributed by atoms with Crippen molar-refractivity contribution >= 4 is 12.1 Å². The van der Waals surface area contributed by atoms with E-state index in [2.05, 4.69) is 31.1 Å². The minimum Gasteiger partial charge on any atom is -0.365 e. The van der Waals surface area contributed by atoms with Gasteiger partial charge in [-0.2, -0.15) is 0 Å². The zero-order chi connectivity index (χ0) is 10.8. The first-order chi connectivity index (χ1) is 6.42. The number of carbonyl (C=O) groups excluding carboxylic acids is 1. The highest BCUT2D eigenvalue weighted by Gasteiger charge is 2.11. The third kappa shape index (κ3) is 2.83. The number of rotatable bonds is 2. The second-order valence-corrected chi connectivity index (χ2v) is 4.43. The van der Waals surface area contributed by atoms with E-state index in [1.54, 1.807) is 6.20 Å². The number of nitrogens with one attached hydrogen (secondary N) is 1. The van der Waals surface area contributed by atoms with Gasteiger partial charge in [-0.15, -0.1) is 0 Å². The van der Waals surface area contributed by atoms with Crippen LogP contribution in [0.4, 0.5) is 5.82 Å². The predicted molar refractivity (Wildman–Crippen MR) is 57.7 cm³/mol. The molecule has 0 aromatic carbocycles. The van der Waals surface area contributed by atoms with Gasteiger partial charge in [-0.25, -0.2) is 4.98 Å². The van der Waals surface area contributed by atoms with Crippen molar-refractivity contribution in [2.45, 2.75) is 33.2 Å². The van der Waals surface area contributed by atoms with Gasteiger partial charge in [0.05, 0.1) is 0 Å². The Morgan fingerprint density at radius 3 is 2.50 bits per heavy atom. The largest absolute Gasteiger partial charge is 0.365 e. The van der Waals surface area contributed by atoms with Gasteiger partial charge in [0.2, 0.25) is 0 Å². The van der Waals surface area contributed by atoms with Gasteiger partial charge in [0.15, 0.2) is 6.29 Å². The Kier molecular flexibility index (Phi) is 2.89. The van der Waals surface area contributed by atoms with Gasteiger partial charge < -0.3 is 5.32 Å². The Labute approximate surface area is 84.6 Å². The molecule has 0 atom stereocenters. The van der Waals surface area contributed by atoms with Gasteiger partial charge in [0, 0.05) is 17.3 Å². The van der Waals surface area contributed by atoms with Crippen LogP contribution >= 0.6 is 0 Å². The lowest BCUT2D eigenvalue weighted by molar-refractivity contribution is 0.112. The van der Waals surface area contributed by atoms with Gasteiger partial charge in [-0.05, 0) is 39.3 Å². The molecule has 0 saturated carbocycles. The molecule has 1 rings (SSSR count). The molecule has 0 saturated heterocycles. The van der Waals surface area contributed by atoms with E-state index in [9.17, 15) is 4.79 Å². The fourth-order valence-electron chi connectivity index (χ4n) is 1.15. The van der Waals surface area contributed by atoms with Gasteiger partial charge in [0.25, 0.3) is 0 Å². The van der Waals surface area contributed by atoms with E-state index in [1.807, 2.05) is 13.0 Å². The Balaban J connectivity index is 2.95. The molecule has 0 aliphatic heterocycles. The van der Waals surface area contributed by atoms with Crippen LogP contribution in [0.5, 0.6) is 0 Å². The quantitative estimate of drug-likeness (QED) is 0.732. The maximum atomic E-state index is 10.5. The second kappa shape index (κ2) is 3.78. The molecule has 0 spiro atoms. The van der Waals surface area contributed by atoms with E-state index in [1.165, 1.54) is 0 Å². The maximum absolute atomic E-state index is 10.5. The zero-order valence-corrected chi connectivity index (χ0v) is 9.09. The summed E-state index contributed by atoms with van der Waals surface area (Å²) in [5.74, 6) is 0.836. The first-order valence-corrected chi connectivity index (χ1v) is 4.62. The van der Waals surface area contributed by atoms with Crippen molar-refractivity contribution < 1.29 is 4.79 Å². The highest BCUT2D eigenvalue weighted by atomic mass is 16.1. The molecule has 1 N–H and O–H groups in total. The van der Waals surface area contributed by atoms with Crippen LogP contribution in [0.2, 0.25) is 0 Å². The molecule has 0 fully saturated rings. The number of anilines is 1. The number of aryl methyl sites for hydroxylation is 1. The number of nitrogens with zero attached hydrogens (tertiary/aromatic N) is 1. The lowest BCUT2D eigenvalue weighted by Crippen LogP contribution is -2.27. The van der Waals surface area contributed by atoms with Crippen LogP contribution in [0, 0.1) is 6.92 Å². The van der Waals surface area contributed by atoms with Crippen LogP contribution in [0.25, 0.3) is 0 Å². The van der Waals surface area contributed by atoms with E-state index in [4.69, 9.17) is 0 Å². The lowest BCUT2D eigenvalue weighted by Gasteiger charge is -2.22. The average molecular weight is 192 g/mol.